The summed E-state index contributed by atoms with van der Waals surface area (Å²) < 4.78 is 17.3. The molecule has 1 aromatic carbocycles. The number of nitrogens with zero attached hydrogens (tertiary/aromatic N) is 5. The molecule has 0 saturated heterocycles. The van der Waals surface area contributed by atoms with Crippen molar-refractivity contribution >= 4 is 5.65 Å². The van der Waals surface area contributed by atoms with E-state index in [1.807, 2.05) is 19.1 Å². The van der Waals surface area contributed by atoms with E-state index in [4.69, 9.17) is 5.10 Å². The molecule has 7 heteroatoms. The number of hydrogen-bond acceptors (Lipinski definition) is 4. The smallest absolute Gasteiger partial charge is 0.153 e. The number of aliphatic hydroxyl groups excluding tert-OH is 1. The highest BCUT2D eigenvalue weighted by Gasteiger charge is 2.32. The van der Waals surface area contributed by atoms with Crippen LogP contribution in [0.3, 0.4) is 0 Å². The van der Waals surface area contributed by atoms with Gasteiger partial charge in [-0.05, 0) is 56.2 Å². The summed E-state index contributed by atoms with van der Waals surface area (Å²) in [5.74, 6) is -0.282. The number of benzene rings is 1. The van der Waals surface area contributed by atoms with Crippen LogP contribution in [0.4, 0.5) is 4.39 Å². The van der Waals surface area contributed by atoms with E-state index < -0.39 is 0 Å². The zero-order valence-corrected chi connectivity index (χ0v) is 14.7. The van der Waals surface area contributed by atoms with Gasteiger partial charge in [0.1, 0.15) is 11.5 Å². The second-order valence-electron chi connectivity index (χ2n) is 7.02. The van der Waals surface area contributed by atoms with Gasteiger partial charge in [-0.25, -0.2) is 18.9 Å². The Hall–Kier alpha value is -3.06. The van der Waals surface area contributed by atoms with Crippen molar-refractivity contribution < 1.29 is 9.50 Å². The summed E-state index contributed by atoms with van der Waals surface area (Å²) in [6.45, 7) is 1.96. The topological polar surface area (TPSA) is 68.2 Å². The Morgan fingerprint density at radius 2 is 1.85 bits per heavy atom. The average Bonchev–Trinajstić information content (AvgIpc) is 3.23. The van der Waals surface area contributed by atoms with Gasteiger partial charge in [-0.1, -0.05) is 0 Å². The molecule has 0 aliphatic heterocycles. The molecule has 5 rings (SSSR count). The summed E-state index contributed by atoms with van der Waals surface area (Å²) in [7, 11) is 0. The standard InChI is InChI=1S/C20H18FN5O/c1-12-10-22-18-7-6-17(24-26(12)18)20-19(13-2-4-14(21)5-3-13)23-11-25(20)15-8-16(27)9-15/h2-7,10-11,15-16,27H,8-9H2,1H3. The Kier molecular flexibility index (Phi) is 3.58. The Morgan fingerprint density at radius 3 is 2.59 bits per heavy atom. The first kappa shape index (κ1) is 16.1. The minimum Gasteiger partial charge on any atom is -0.393 e. The van der Waals surface area contributed by atoms with Crippen LogP contribution in [-0.4, -0.2) is 35.4 Å². The van der Waals surface area contributed by atoms with Crippen molar-refractivity contribution in [1.29, 1.82) is 0 Å². The van der Waals surface area contributed by atoms with Gasteiger partial charge < -0.3 is 9.67 Å². The Labute approximate surface area is 154 Å². The van der Waals surface area contributed by atoms with Gasteiger partial charge in [0.25, 0.3) is 0 Å². The molecule has 1 aliphatic rings. The van der Waals surface area contributed by atoms with Crippen LogP contribution in [0.15, 0.2) is 48.9 Å². The number of aryl methyl sites for hydroxylation is 1. The van der Waals surface area contributed by atoms with Gasteiger partial charge in [-0.2, -0.15) is 5.10 Å². The number of fused-ring (bicyclic) bond motifs is 1. The molecule has 0 bridgehead atoms. The van der Waals surface area contributed by atoms with Crippen molar-refractivity contribution in [2.24, 2.45) is 0 Å². The molecule has 27 heavy (non-hydrogen) atoms. The first-order valence-corrected chi connectivity index (χ1v) is 8.93. The third kappa shape index (κ3) is 2.62. The van der Waals surface area contributed by atoms with E-state index in [0.717, 1.165) is 34.0 Å². The lowest BCUT2D eigenvalue weighted by molar-refractivity contribution is 0.0491. The maximum absolute atomic E-state index is 13.4. The lowest BCUT2D eigenvalue weighted by Gasteiger charge is -2.33. The fraction of sp³-hybridized carbons (Fsp3) is 0.250. The summed E-state index contributed by atoms with van der Waals surface area (Å²) in [5.41, 5.74) is 4.94. The monoisotopic (exact) mass is 363 g/mol. The molecular weight excluding hydrogens is 345 g/mol. The molecule has 0 spiro atoms. The summed E-state index contributed by atoms with van der Waals surface area (Å²) in [4.78, 5) is 8.93. The maximum atomic E-state index is 13.4. The third-order valence-corrected chi connectivity index (χ3v) is 5.17. The van der Waals surface area contributed by atoms with Crippen LogP contribution >= 0.6 is 0 Å². The normalized spacial score (nSPS) is 19.4. The van der Waals surface area contributed by atoms with E-state index in [1.54, 1.807) is 29.2 Å². The van der Waals surface area contributed by atoms with E-state index in [-0.39, 0.29) is 18.0 Å². The molecule has 4 aromatic rings. The van der Waals surface area contributed by atoms with E-state index in [2.05, 4.69) is 14.5 Å². The van der Waals surface area contributed by atoms with Crippen LogP contribution in [0.1, 0.15) is 24.6 Å². The van der Waals surface area contributed by atoms with Crippen molar-refractivity contribution in [1.82, 2.24) is 24.1 Å². The van der Waals surface area contributed by atoms with E-state index in [1.165, 1.54) is 12.1 Å². The van der Waals surface area contributed by atoms with Gasteiger partial charge in [0.15, 0.2) is 5.65 Å². The van der Waals surface area contributed by atoms with E-state index in [9.17, 15) is 9.50 Å². The largest absolute Gasteiger partial charge is 0.393 e. The number of rotatable bonds is 3. The van der Waals surface area contributed by atoms with Crippen molar-refractivity contribution in [2.75, 3.05) is 0 Å². The number of imidazole rings is 2. The second kappa shape index (κ2) is 5.99. The molecule has 0 amide bonds. The SMILES string of the molecule is Cc1cnc2ccc(-c3c(-c4ccc(F)cc4)ncn3C3CC(O)C3)nn12. The second-order valence-corrected chi connectivity index (χ2v) is 7.02. The highest BCUT2D eigenvalue weighted by Crippen LogP contribution is 2.39. The maximum Gasteiger partial charge on any atom is 0.153 e. The predicted molar refractivity (Wildman–Crippen MR) is 98.6 cm³/mol. The fourth-order valence-electron chi connectivity index (χ4n) is 3.61. The zero-order valence-electron chi connectivity index (χ0n) is 14.7. The van der Waals surface area contributed by atoms with Crippen LogP contribution in [0.25, 0.3) is 28.3 Å². The summed E-state index contributed by atoms with van der Waals surface area (Å²) >= 11 is 0. The molecule has 3 heterocycles. The summed E-state index contributed by atoms with van der Waals surface area (Å²) in [5, 5.41) is 14.5. The highest BCUT2D eigenvalue weighted by molar-refractivity contribution is 5.77. The fourth-order valence-corrected chi connectivity index (χ4v) is 3.61. The summed E-state index contributed by atoms with van der Waals surface area (Å²) in [6, 6.07) is 10.3. The molecule has 3 aromatic heterocycles. The lowest BCUT2D eigenvalue weighted by atomic mass is 9.89. The molecule has 0 unspecified atom stereocenters. The van der Waals surface area contributed by atoms with Crippen LogP contribution in [0.2, 0.25) is 0 Å². The Bertz CT molecular complexity index is 1130. The van der Waals surface area contributed by atoms with Crippen LogP contribution in [0.5, 0.6) is 0 Å². The van der Waals surface area contributed by atoms with Crippen molar-refractivity contribution in [3.63, 3.8) is 0 Å². The van der Waals surface area contributed by atoms with E-state index in [0.29, 0.717) is 12.8 Å². The molecule has 1 saturated carbocycles. The first-order valence-electron chi connectivity index (χ1n) is 8.93. The number of aliphatic hydroxyl groups is 1. The minimum absolute atomic E-state index is 0.179. The lowest BCUT2D eigenvalue weighted by Crippen LogP contribution is -2.30. The number of halogens is 1. The number of hydrogen-bond donors (Lipinski definition) is 1. The van der Waals surface area contributed by atoms with Gasteiger partial charge in [0, 0.05) is 11.6 Å². The third-order valence-electron chi connectivity index (χ3n) is 5.17. The van der Waals surface area contributed by atoms with Crippen LogP contribution < -0.4 is 0 Å². The van der Waals surface area contributed by atoms with Crippen molar-refractivity contribution in [3.8, 4) is 22.6 Å². The Balaban J connectivity index is 1.70. The van der Waals surface area contributed by atoms with Crippen LogP contribution in [-0.2, 0) is 0 Å². The first-order chi connectivity index (χ1) is 13.1. The molecule has 0 radical (unpaired) electrons. The summed E-state index contributed by atoms with van der Waals surface area (Å²) in [6.07, 6.45) is 4.69. The molecule has 1 N–H and O–H groups in total. The van der Waals surface area contributed by atoms with Crippen LogP contribution in [0, 0.1) is 12.7 Å². The predicted octanol–water partition coefficient (Wildman–Crippen LogP) is 3.40. The molecule has 1 aliphatic carbocycles. The molecule has 0 atom stereocenters. The molecule has 1 fully saturated rings. The van der Waals surface area contributed by atoms with Gasteiger partial charge in [0.05, 0.1) is 35.7 Å². The van der Waals surface area contributed by atoms with Crippen molar-refractivity contribution in [3.05, 3.63) is 60.4 Å². The quantitative estimate of drug-likeness (QED) is 0.606. The van der Waals surface area contributed by atoms with Gasteiger partial charge >= 0.3 is 0 Å². The number of aromatic nitrogens is 5. The van der Waals surface area contributed by atoms with E-state index >= 15 is 0 Å². The van der Waals surface area contributed by atoms with Gasteiger partial charge in [-0.3, -0.25) is 0 Å². The molecule has 6 nitrogen and oxygen atoms in total. The van der Waals surface area contributed by atoms with Gasteiger partial charge in [-0.15, -0.1) is 0 Å². The molecular formula is C20H18FN5O. The van der Waals surface area contributed by atoms with Gasteiger partial charge in [0.2, 0.25) is 0 Å². The molecule has 136 valence electrons. The Morgan fingerprint density at radius 1 is 1.07 bits per heavy atom. The average molecular weight is 363 g/mol. The zero-order chi connectivity index (χ0) is 18.5. The highest BCUT2D eigenvalue weighted by atomic mass is 19.1. The minimum atomic E-state index is -0.282. The van der Waals surface area contributed by atoms with Crippen molar-refractivity contribution in [2.45, 2.75) is 31.9 Å².